The van der Waals surface area contributed by atoms with Gasteiger partial charge in [-0.2, -0.15) is 0 Å². The van der Waals surface area contributed by atoms with E-state index in [-0.39, 0.29) is 18.0 Å². The summed E-state index contributed by atoms with van der Waals surface area (Å²) in [7, 11) is 0. The molecule has 0 unspecified atom stereocenters. The summed E-state index contributed by atoms with van der Waals surface area (Å²) in [6, 6.07) is 3.24. The van der Waals surface area contributed by atoms with Crippen LogP contribution in [0.4, 0.5) is 8.78 Å². The maximum Gasteiger partial charge on any atom is 0.244 e. The van der Waals surface area contributed by atoms with Crippen molar-refractivity contribution >= 4 is 21.8 Å². The molecule has 0 fully saturated rings. The summed E-state index contributed by atoms with van der Waals surface area (Å²) < 4.78 is 25.9. The molecule has 0 radical (unpaired) electrons. The number of alkyl halides is 1. The molecule has 1 N–H and O–H groups in total. The average molecular weight is 316 g/mol. The molecule has 0 aliphatic rings. The summed E-state index contributed by atoms with van der Waals surface area (Å²) in [6.07, 6.45) is 6.45. The first-order valence-electron chi connectivity index (χ1n) is 5.24. The number of rotatable bonds is 5. The first-order chi connectivity index (χ1) is 8.63. The van der Waals surface area contributed by atoms with Gasteiger partial charge < -0.3 is 5.32 Å². The number of amides is 1. The van der Waals surface area contributed by atoms with Gasteiger partial charge in [0.2, 0.25) is 5.91 Å². The summed E-state index contributed by atoms with van der Waals surface area (Å²) in [5.74, 6) is -1.64. The maximum atomic E-state index is 13.2. The molecule has 0 saturated carbocycles. The predicted molar refractivity (Wildman–Crippen MR) is 70.3 cm³/mol. The lowest BCUT2D eigenvalue weighted by Gasteiger charge is -2.03. The Morgan fingerprint density at radius 1 is 1.33 bits per heavy atom. The molecule has 0 saturated heterocycles. The molecular formula is C13H12BrF2NO. The number of hydrogen-bond acceptors (Lipinski definition) is 1. The molecular weight excluding hydrogens is 304 g/mol. The molecule has 1 rings (SSSR count). The van der Waals surface area contributed by atoms with Gasteiger partial charge in [-0.05, 0) is 6.07 Å². The zero-order valence-corrected chi connectivity index (χ0v) is 11.1. The number of benzene rings is 1. The molecule has 0 heterocycles. The lowest BCUT2D eigenvalue weighted by Crippen LogP contribution is -2.20. The third-order valence-electron chi connectivity index (χ3n) is 2.05. The molecule has 0 aliphatic carbocycles. The first kappa shape index (κ1) is 14.6. The zero-order chi connectivity index (χ0) is 13.4. The standard InChI is InChI=1S/C13H12BrF2NO/c14-7-3-1-2-4-13(18)17-9-10-5-6-11(15)8-12(10)16/h1-6,8H,7,9H2,(H,17,18)/b3-1-,4-2+. The molecule has 0 bridgehead atoms. The van der Waals surface area contributed by atoms with Gasteiger partial charge in [0.15, 0.2) is 0 Å². The van der Waals surface area contributed by atoms with Gasteiger partial charge in [-0.1, -0.05) is 40.2 Å². The van der Waals surface area contributed by atoms with E-state index >= 15 is 0 Å². The largest absolute Gasteiger partial charge is 0.348 e. The van der Waals surface area contributed by atoms with E-state index in [9.17, 15) is 13.6 Å². The lowest BCUT2D eigenvalue weighted by atomic mass is 10.2. The van der Waals surface area contributed by atoms with Crippen LogP contribution in [0.2, 0.25) is 0 Å². The van der Waals surface area contributed by atoms with Crippen LogP contribution in [0.1, 0.15) is 5.56 Å². The minimum Gasteiger partial charge on any atom is -0.348 e. The molecule has 0 aromatic heterocycles. The lowest BCUT2D eigenvalue weighted by molar-refractivity contribution is -0.116. The monoisotopic (exact) mass is 315 g/mol. The van der Waals surface area contributed by atoms with Crippen LogP contribution in [0.3, 0.4) is 0 Å². The van der Waals surface area contributed by atoms with Gasteiger partial charge in [-0.3, -0.25) is 4.79 Å². The van der Waals surface area contributed by atoms with Crippen LogP contribution in [0.25, 0.3) is 0 Å². The minimum atomic E-state index is -0.668. The molecule has 5 heteroatoms. The maximum absolute atomic E-state index is 13.2. The van der Waals surface area contributed by atoms with Crippen molar-refractivity contribution in [3.63, 3.8) is 0 Å². The molecule has 18 heavy (non-hydrogen) atoms. The Labute approximate surface area is 113 Å². The molecule has 2 nitrogen and oxygen atoms in total. The Morgan fingerprint density at radius 3 is 2.78 bits per heavy atom. The normalized spacial score (nSPS) is 11.3. The van der Waals surface area contributed by atoms with Crippen LogP contribution in [0.15, 0.2) is 42.5 Å². The second-order valence-corrected chi connectivity index (χ2v) is 4.04. The Hall–Kier alpha value is -1.49. The highest BCUT2D eigenvalue weighted by Crippen LogP contribution is 2.08. The van der Waals surface area contributed by atoms with Crippen LogP contribution in [0, 0.1) is 11.6 Å². The van der Waals surface area contributed by atoms with Crippen molar-refractivity contribution < 1.29 is 13.6 Å². The van der Waals surface area contributed by atoms with Crippen molar-refractivity contribution in [2.45, 2.75) is 6.54 Å². The summed E-state index contributed by atoms with van der Waals surface area (Å²) in [6.45, 7) is 0.0252. The molecule has 1 aromatic rings. The van der Waals surface area contributed by atoms with Crippen LogP contribution in [-0.4, -0.2) is 11.2 Å². The van der Waals surface area contributed by atoms with E-state index in [4.69, 9.17) is 0 Å². The Bertz CT molecular complexity index is 472. The van der Waals surface area contributed by atoms with Crippen molar-refractivity contribution in [1.29, 1.82) is 0 Å². The van der Waals surface area contributed by atoms with Gasteiger partial charge >= 0.3 is 0 Å². The fourth-order valence-electron chi connectivity index (χ4n) is 1.18. The van der Waals surface area contributed by atoms with Crippen molar-refractivity contribution in [2.75, 3.05) is 5.33 Å². The van der Waals surface area contributed by atoms with E-state index in [2.05, 4.69) is 21.2 Å². The minimum absolute atomic E-state index is 0.0252. The van der Waals surface area contributed by atoms with Gasteiger partial charge in [-0.15, -0.1) is 0 Å². The third kappa shape index (κ3) is 5.23. The third-order valence-corrected chi connectivity index (χ3v) is 2.43. The van der Waals surface area contributed by atoms with Gasteiger partial charge in [0, 0.05) is 29.6 Å². The Kier molecular flexibility index (Phi) is 6.28. The number of hydrogen-bond donors (Lipinski definition) is 1. The first-order valence-corrected chi connectivity index (χ1v) is 6.36. The Morgan fingerprint density at radius 2 is 2.11 bits per heavy atom. The second-order valence-electron chi connectivity index (χ2n) is 3.40. The van der Waals surface area contributed by atoms with Crippen molar-refractivity contribution in [3.8, 4) is 0 Å². The van der Waals surface area contributed by atoms with E-state index in [0.29, 0.717) is 5.33 Å². The van der Waals surface area contributed by atoms with Gasteiger partial charge in [-0.25, -0.2) is 8.78 Å². The predicted octanol–water partition coefficient (Wildman–Crippen LogP) is 3.09. The molecule has 0 aliphatic heterocycles. The van der Waals surface area contributed by atoms with Gasteiger partial charge in [0.25, 0.3) is 0 Å². The number of halogens is 3. The van der Waals surface area contributed by atoms with Crippen LogP contribution in [0.5, 0.6) is 0 Å². The number of carbonyl (C=O) groups is 1. The van der Waals surface area contributed by atoms with Crippen LogP contribution >= 0.6 is 15.9 Å². The zero-order valence-electron chi connectivity index (χ0n) is 9.50. The van der Waals surface area contributed by atoms with Crippen LogP contribution in [-0.2, 0) is 11.3 Å². The fourth-order valence-corrected chi connectivity index (χ4v) is 1.40. The summed E-state index contributed by atoms with van der Waals surface area (Å²) in [5.41, 5.74) is 0.245. The smallest absolute Gasteiger partial charge is 0.244 e. The second kappa shape index (κ2) is 7.76. The van der Waals surface area contributed by atoms with Crippen LogP contribution < -0.4 is 5.32 Å². The van der Waals surface area contributed by atoms with Gasteiger partial charge in [0.05, 0.1) is 0 Å². The van der Waals surface area contributed by atoms with E-state index in [1.165, 1.54) is 12.1 Å². The highest BCUT2D eigenvalue weighted by molar-refractivity contribution is 9.09. The van der Waals surface area contributed by atoms with E-state index in [0.717, 1.165) is 12.1 Å². The van der Waals surface area contributed by atoms with Crippen molar-refractivity contribution in [1.82, 2.24) is 5.32 Å². The Balaban J connectivity index is 2.47. The van der Waals surface area contributed by atoms with Crippen molar-refractivity contribution in [3.05, 3.63) is 59.7 Å². The fraction of sp³-hybridized carbons (Fsp3) is 0.154. The number of allylic oxidation sites excluding steroid dienone is 3. The molecule has 1 aromatic carbocycles. The van der Waals surface area contributed by atoms with Gasteiger partial charge in [0.1, 0.15) is 11.6 Å². The summed E-state index contributed by atoms with van der Waals surface area (Å²) in [5, 5.41) is 3.21. The molecule has 96 valence electrons. The quantitative estimate of drug-likeness (QED) is 0.505. The SMILES string of the molecule is O=C(/C=C/C=C\CBr)NCc1ccc(F)cc1F. The molecule has 0 spiro atoms. The number of carbonyl (C=O) groups excluding carboxylic acids is 1. The van der Waals surface area contributed by atoms with E-state index in [1.807, 2.05) is 6.08 Å². The highest BCUT2D eigenvalue weighted by atomic mass is 79.9. The molecule has 0 atom stereocenters. The highest BCUT2D eigenvalue weighted by Gasteiger charge is 2.04. The van der Waals surface area contributed by atoms with E-state index < -0.39 is 11.6 Å². The summed E-state index contributed by atoms with van der Waals surface area (Å²) in [4.78, 5) is 11.3. The topological polar surface area (TPSA) is 29.1 Å². The number of nitrogens with one attached hydrogen (secondary N) is 1. The molecule has 1 amide bonds. The summed E-state index contributed by atoms with van der Waals surface area (Å²) >= 11 is 3.20. The van der Waals surface area contributed by atoms with Crippen molar-refractivity contribution in [2.24, 2.45) is 0 Å². The van der Waals surface area contributed by atoms with E-state index in [1.54, 1.807) is 12.2 Å². The average Bonchev–Trinajstić information content (AvgIpc) is 2.33.